The highest BCUT2D eigenvalue weighted by Gasteiger charge is 2.28. The molecule has 0 bridgehead atoms. The smallest absolute Gasteiger partial charge is 0.337 e. The van der Waals surface area contributed by atoms with Gasteiger partial charge in [-0.2, -0.15) is 0 Å². The number of anilines is 3. The second kappa shape index (κ2) is 6.24. The van der Waals surface area contributed by atoms with Crippen LogP contribution >= 0.6 is 11.8 Å². The van der Waals surface area contributed by atoms with Crippen LogP contribution in [0.1, 0.15) is 20.7 Å². The molecule has 0 spiro atoms. The van der Waals surface area contributed by atoms with Crippen LogP contribution in [0.2, 0.25) is 0 Å². The lowest BCUT2D eigenvalue weighted by Gasteiger charge is -2.33. The van der Waals surface area contributed by atoms with Crippen LogP contribution in [0.3, 0.4) is 0 Å². The number of carboxylic acids is 2. The number of hydrogen-bond donors (Lipinski definition) is 2. The van der Waals surface area contributed by atoms with Crippen molar-refractivity contribution in [1.29, 1.82) is 0 Å². The van der Waals surface area contributed by atoms with E-state index in [1.165, 1.54) is 18.2 Å². The molecule has 0 aliphatic carbocycles. The van der Waals surface area contributed by atoms with Gasteiger partial charge in [0.05, 0.1) is 28.2 Å². The van der Waals surface area contributed by atoms with Gasteiger partial charge in [0, 0.05) is 9.79 Å². The van der Waals surface area contributed by atoms with E-state index in [-0.39, 0.29) is 11.1 Å². The highest BCUT2D eigenvalue weighted by molar-refractivity contribution is 7.99. The summed E-state index contributed by atoms with van der Waals surface area (Å²) >= 11 is 1.60. The van der Waals surface area contributed by atoms with Crippen molar-refractivity contribution in [2.24, 2.45) is 0 Å². The van der Waals surface area contributed by atoms with E-state index in [4.69, 9.17) is 0 Å². The first-order valence-electron chi connectivity index (χ1n) is 7.83. The second-order valence-corrected chi connectivity index (χ2v) is 6.80. The van der Waals surface area contributed by atoms with Crippen molar-refractivity contribution in [3.8, 4) is 0 Å². The molecule has 2 N–H and O–H groups in total. The molecule has 0 aromatic heterocycles. The van der Waals surface area contributed by atoms with Crippen molar-refractivity contribution < 1.29 is 19.8 Å². The number of fused-ring (bicyclic) bond motifs is 2. The minimum absolute atomic E-state index is 0.0400. The zero-order valence-electron chi connectivity index (χ0n) is 13.4. The van der Waals surface area contributed by atoms with E-state index in [1.807, 2.05) is 53.4 Å². The van der Waals surface area contributed by atoms with Crippen molar-refractivity contribution in [1.82, 2.24) is 0 Å². The molecule has 0 saturated heterocycles. The topological polar surface area (TPSA) is 77.8 Å². The van der Waals surface area contributed by atoms with E-state index in [2.05, 4.69) is 0 Å². The number of aromatic carboxylic acids is 2. The summed E-state index contributed by atoms with van der Waals surface area (Å²) in [4.78, 5) is 27.0. The molecule has 0 amide bonds. The first kappa shape index (κ1) is 16.2. The SMILES string of the molecule is O=C(O)c1ccc(C(=O)O)c(N2c3ccccc3Sc3ccccc32)c1. The van der Waals surface area contributed by atoms with Crippen molar-refractivity contribution in [2.45, 2.75) is 9.79 Å². The summed E-state index contributed by atoms with van der Waals surface area (Å²) in [5, 5.41) is 19.0. The van der Waals surface area contributed by atoms with Crippen LogP contribution in [0.4, 0.5) is 17.1 Å². The number of nitrogens with zero attached hydrogens (tertiary/aromatic N) is 1. The van der Waals surface area contributed by atoms with Crippen molar-refractivity contribution >= 4 is 40.8 Å². The van der Waals surface area contributed by atoms with Crippen LogP contribution in [0, 0.1) is 0 Å². The van der Waals surface area contributed by atoms with Crippen LogP contribution in [0.25, 0.3) is 0 Å². The molecule has 4 rings (SSSR count). The Morgan fingerprint density at radius 3 is 1.85 bits per heavy atom. The maximum Gasteiger partial charge on any atom is 0.337 e. The van der Waals surface area contributed by atoms with Gasteiger partial charge >= 0.3 is 11.9 Å². The van der Waals surface area contributed by atoms with E-state index >= 15 is 0 Å². The molecule has 1 aliphatic heterocycles. The van der Waals surface area contributed by atoms with Crippen LogP contribution in [-0.2, 0) is 0 Å². The average molecular weight is 363 g/mol. The molecule has 0 unspecified atom stereocenters. The average Bonchev–Trinajstić information content (AvgIpc) is 2.65. The largest absolute Gasteiger partial charge is 0.478 e. The van der Waals surface area contributed by atoms with Crippen LogP contribution in [0.15, 0.2) is 76.5 Å². The van der Waals surface area contributed by atoms with Gasteiger partial charge in [0.15, 0.2) is 0 Å². The minimum atomic E-state index is -1.11. The first-order chi connectivity index (χ1) is 12.6. The standard InChI is InChI=1S/C20H13NO4S/c22-19(23)12-9-10-13(20(24)25)16(11-12)21-14-5-1-3-7-17(14)26-18-8-4-2-6-15(18)21/h1-11H,(H,22,23)(H,24,25). The zero-order valence-corrected chi connectivity index (χ0v) is 14.2. The summed E-state index contributed by atoms with van der Waals surface area (Å²) in [6.45, 7) is 0. The number of carboxylic acid groups (broad SMARTS) is 2. The molecule has 5 nitrogen and oxygen atoms in total. The molecule has 1 aliphatic rings. The van der Waals surface area contributed by atoms with E-state index in [1.54, 1.807) is 11.8 Å². The Kier molecular flexibility index (Phi) is 3.89. The third kappa shape index (κ3) is 2.60. The highest BCUT2D eigenvalue weighted by Crippen LogP contribution is 2.51. The third-order valence-electron chi connectivity index (χ3n) is 4.15. The summed E-state index contributed by atoms with van der Waals surface area (Å²) in [6, 6.07) is 19.4. The maximum absolute atomic E-state index is 11.8. The molecule has 26 heavy (non-hydrogen) atoms. The number of benzene rings is 3. The van der Waals surface area contributed by atoms with Crippen LogP contribution < -0.4 is 4.90 Å². The quantitative estimate of drug-likeness (QED) is 0.532. The number of para-hydroxylation sites is 2. The Morgan fingerprint density at radius 2 is 1.31 bits per heavy atom. The molecule has 0 saturated carbocycles. The van der Waals surface area contributed by atoms with Crippen LogP contribution in [-0.4, -0.2) is 22.2 Å². The van der Waals surface area contributed by atoms with E-state index in [9.17, 15) is 19.8 Å². The highest BCUT2D eigenvalue weighted by atomic mass is 32.2. The lowest BCUT2D eigenvalue weighted by Crippen LogP contribution is -2.18. The van der Waals surface area contributed by atoms with E-state index in [0.29, 0.717) is 5.69 Å². The zero-order chi connectivity index (χ0) is 18.3. The Balaban J connectivity index is 2.03. The van der Waals surface area contributed by atoms with Gasteiger partial charge in [-0.1, -0.05) is 36.0 Å². The molecule has 3 aromatic rings. The fraction of sp³-hybridized carbons (Fsp3) is 0. The lowest BCUT2D eigenvalue weighted by atomic mass is 10.1. The number of hydrogen-bond acceptors (Lipinski definition) is 4. The molecule has 0 atom stereocenters. The Bertz CT molecular complexity index is 1000. The summed E-state index contributed by atoms with van der Waals surface area (Å²) < 4.78 is 0. The van der Waals surface area contributed by atoms with Gasteiger partial charge in [-0.15, -0.1) is 0 Å². The Morgan fingerprint density at radius 1 is 0.731 bits per heavy atom. The number of rotatable bonds is 3. The summed E-state index contributed by atoms with van der Waals surface area (Å²) in [6.07, 6.45) is 0. The molecule has 128 valence electrons. The summed E-state index contributed by atoms with van der Waals surface area (Å²) in [7, 11) is 0. The van der Waals surface area contributed by atoms with Gasteiger partial charge in [0.1, 0.15) is 0 Å². The predicted molar refractivity (Wildman–Crippen MR) is 99.2 cm³/mol. The summed E-state index contributed by atoms with van der Waals surface area (Å²) in [5.74, 6) is -2.21. The molecular weight excluding hydrogens is 350 g/mol. The van der Waals surface area contributed by atoms with Gasteiger partial charge in [-0.05, 0) is 42.5 Å². The number of carbonyl (C=O) groups is 2. The van der Waals surface area contributed by atoms with Gasteiger partial charge in [0.25, 0.3) is 0 Å². The molecular formula is C20H13NO4S. The minimum Gasteiger partial charge on any atom is -0.478 e. The lowest BCUT2D eigenvalue weighted by molar-refractivity contribution is 0.0682. The van der Waals surface area contributed by atoms with Crippen molar-refractivity contribution in [3.63, 3.8) is 0 Å². The van der Waals surface area contributed by atoms with Gasteiger partial charge in [-0.25, -0.2) is 9.59 Å². The normalized spacial score (nSPS) is 12.2. The summed E-state index contributed by atoms with van der Waals surface area (Å²) in [5.41, 5.74) is 2.06. The van der Waals surface area contributed by atoms with E-state index in [0.717, 1.165) is 21.2 Å². The van der Waals surface area contributed by atoms with Gasteiger partial charge in [-0.3, -0.25) is 0 Å². The fourth-order valence-electron chi connectivity index (χ4n) is 2.99. The van der Waals surface area contributed by atoms with Gasteiger partial charge < -0.3 is 15.1 Å². The predicted octanol–water partition coefficient (Wildman–Crippen LogP) is 5.02. The van der Waals surface area contributed by atoms with Crippen molar-refractivity contribution in [3.05, 3.63) is 77.9 Å². The van der Waals surface area contributed by atoms with Crippen LogP contribution in [0.5, 0.6) is 0 Å². The van der Waals surface area contributed by atoms with E-state index < -0.39 is 11.9 Å². The molecule has 1 heterocycles. The maximum atomic E-state index is 11.8. The molecule has 3 aromatic carbocycles. The Hall–Kier alpha value is -3.25. The second-order valence-electron chi connectivity index (χ2n) is 5.72. The molecule has 0 radical (unpaired) electrons. The monoisotopic (exact) mass is 363 g/mol. The fourth-order valence-corrected chi connectivity index (χ4v) is 4.05. The molecule has 6 heteroatoms. The first-order valence-corrected chi connectivity index (χ1v) is 8.64. The third-order valence-corrected chi connectivity index (χ3v) is 5.28. The van der Waals surface area contributed by atoms with Gasteiger partial charge in [0.2, 0.25) is 0 Å². The van der Waals surface area contributed by atoms with Crippen molar-refractivity contribution in [2.75, 3.05) is 4.90 Å². The molecule has 0 fully saturated rings. The Labute approximate surface area is 153 Å².